The van der Waals surface area contributed by atoms with E-state index in [1.54, 1.807) is 0 Å². The van der Waals surface area contributed by atoms with Gasteiger partial charge in [0.25, 0.3) is 0 Å². The van der Waals surface area contributed by atoms with Gasteiger partial charge in [0.2, 0.25) is 0 Å². The van der Waals surface area contributed by atoms with Crippen LogP contribution in [0.5, 0.6) is 0 Å². The van der Waals surface area contributed by atoms with Crippen LogP contribution in [-0.4, -0.2) is 5.25 Å². The highest BCUT2D eigenvalue weighted by molar-refractivity contribution is 8.00. The summed E-state index contributed by atoms with van der Waals surface area (Å²) >= 11 is 1.82. The van der Waals surface area contributed by atoms with Gasteiger partial charge in [-0.3, -0.25) is 0 Å². The van der Waals surface area contributed by atoms with Crippen LogP contribution in [0, 0.1) is 11.8 Å². The molecule has 0 fully saturated rings. The standard InChI is InChI=1S/C17H12S/c1-2-6-14(7-3-1)10-12-16-13-11-15-8-4-5-9-17(15)18-16/h1-9,11,13,16H. The van der Waals surface area contributed by atoms with Crippen molar-refractivity contribution in [3.05, 3.63) is 71.8 Å². The highest BCUT2D eigenvalue weighted by atomic mass is 32.2. The first kappa shape index (κ1) is 11.2. The molecule has 0 aliphatic carbocycles. The van der Waals surface area contributed by atoms with E-state index in [0.717, 1.165) is 5.56 Å². The highest BCUT2D eigenvalue weighted by Gasteiger charge is 2.11. The second kappa shape index (κ2) is 5.16. The molecule has 1 aliphatic heterocycles. The van der Waals surface area contributed by atoms with Crippen LogP contribution < -0.4 is 0 Å². The van der Waals surface area contributed by atoms with Gasteiger partial charge < -0.3 is 0 Å². The monoisotopic (exact) mass is 248 g/mol. The summed E-state index contributed by atoms with van der Waals surface area (Å²) in [5.41, 5.74) is 2.37. The molecule has 1 heterocycles. The first-order valence-corrected chi connectivity index (χ1v) is 6.80. The van der Waals surface area contributed by atoms with E-state index in [1.807, 2.05) is 42.1 Å². The van der Waals surface area contributed by atoms with Crippen molar-refractivity contribution in [2.45, 2.75) is 10.1 Å². The Bertz CT molecular complexity index is 629. The molecule has 1 aliphatic rings. The molecule has 0 saturated heterocycles. The Hall–Kier alpha value is -1.91. The molecular weight excluding hydrogens is 236 g/mol. The molecule has 1 unspecified atom stereocenters. The Kier molecular flexibility index (Phi) is 3.21. The maximum absolute atomic E-state index is 3.30. The molecule has 0 amide bonds. The Morgan fingerprint density at radius 3 is 2.56 bits per heavy atom. The van der Waals surface area contributed by atoms with Gasteiger partial charge in [0.1, 0.15) is 0 Å². The van der Waals surface area contributed by atoms with E-state index in [4.69, 9.17) is 0 Å². The van der Waals surface area contributed by atoms with Crippen LogP contribution in [0.2, 0.25) is 0 Å². The number of benzene rings is 2. The summed E-state index contributed by atoms with van der Waals surface area (Å²) in [7, 11) is 0. The average Bonchev–Trinajstić information content (AvgIpc) is 2.46. The summed E-state index contributed by atoms with van der Waals surface area (Å²) in [6, 6.07) is 18.6. The first-order chi connectivity index (χ1) is 8.92. The van der Waals surface area contributed by atoms with Gasteiger partial charge >= 0.3 is 0 Å². The molecule has 0 radical (unpaired) electrons. The van der Waals surface area contributed by atoms with Crippen LogP contribution in [-0.2, 0) is 0 Å². The van der Waals surface area contributed by atoms with Gasteiger partial charge in [-0.1, -0.05) is 60.4 Å². The molecule has 0 aromatic heterocycles. The molecule has 2 aromatic rings. The minimum Gasteiger partial charge on any atom is -0.105 e. The third-order valence-electron chi connectivity index (χ3n) is 2.76. The molecular formula is C17H12S. The van der Waals surface area contributed by atoms with Crippen molar-refractivity contribution in [2.75, 3.05) is 0 Å². The molecule has 18 heavy (non-hydrogen) atoms. The van der Waals surface area contributed by atoms with Gasteiger partial charge in [-0.2, -0.15) is 0 Å². The number of thioether (sulfide) groups is 1. The lowest BCUT2D eigenvalue weighted by molar-refractivity contribution is 1.35. The highest BCUT2D eigenvalue weighted by Crippen LogP contribution is 2.32. The van der Waals surface area contributed by atoms with Crippen molar-refractivity contribution in [2.24, 2.45) is 0 Å². The van der Waals surface area contributed by atoms with Crippen LogP contribution in [0.4, 0.5) is 0 Å². The Labute approximate surface area is 112 Å². The third-order valence-corrected chi connectivity index (χ3v) is 3.91. The molecule has 0 saturated carbocycles. The van der Waals surface area contributed by atoms with Crippen molar-refractivity contribution in [1.29, 1.82) is 0 Å². The zero-order valence-electron chi connectivity index (χ0n) is 9.84. The second-order valence-electron chi connectivity index (χ2n) is 4.07. The van der Waals surface area contributed by atoms with Crippen molar-refractivity contribution >= 4 is 17.8 Å². The van der Waals surface area contributed by atoms with Gasteiger partial charge in [-0.25, -0.2) is 0 Å². The Morgan fingerprint density at radius 2 is 1.67 bits per heavy atom. The minimum absolute atomic E-state index is 0.250. The first-order valence-electron chi connectivity index (χ1n) is 5.92. The summed E-state index contributed by atoms with van der Waals surface area (Å²) in [5.74, 6) is 6.53. The molecule has 0 spiro atoms. The smallest absolute Gasteiger partial charge is 0.0891 e. The zero-order valence-corrected chi connectivity index (χ0v) is 10.7. The minimum atomic E-state index is 0.250. The summed E-state index contributed by atoms with van der Waals surface area (Å²) in [6.45, 7) is 0. The van der Waals surface area contributed by atoms with E-state index < -0.39 is 0 Å². The molecule has 0 N–H and O–H groups in total. The molecule has 1 heteroatoms. The topological polar surface area (TPSA) is 0 Å². The van der Waals surface area contributed by atoms with E-state index in [1.165, 1.54) is 10.5 Å². The normalized spacial score (nSPS) is 16.6. The van der Waals surface area contributed by atoms with Gasteiger partial charge in [0.05, 0.1) is 5.25 Å². The lowest BCUT2D eigenvalue weighted by atomic mass is 10.2. The summed E-state index contributed by atoms with van der Waals surface area (Å²) in [6.07, 6.45) is 4.33. The van der Waals surface area contributed by atoms with Crippen molar-refractivity contribution in [1.82, 2.24) is 0 Å². The predicted octanol–water partition coefficient (Wildman–Crippen LogP) is 4.23. The van der Waals surface area contributed by atoms with Crippen LogP contribution in [0.15, 0.2) is 65.6 Å². The van der Waals surface area contributed by atoms with E-state index in [2.05, 4.69) is 48.3 Å². The van der Waals surface area contributed by atoms with Gasteiger partial charge in [-0.05, 0) is 23.8 Å². The van der Waals surface area contributed by atoms with Crippen molar-refractivity contribution in [3.63, 3.8) is 0 Å². The van der Waals surface area contributed by atoms with E-state index in [-0.39, 0.29) is 5.25 Å². The van der Waals surface area contributed by atoms with Gasteiger partial charge in [-0.15, -0.1) is 11.8 Å². The second-order valence-corrected chi connectivity index (χ2v) is 5.25. The molecule has 86 valence electrons. The van der Waals surface area contributed by atoms with Crippen LogP contribution >= 0.6 is 11.8 Å². The lowest BCUT2D eigenvalue weighted by Crippen LogP contribution is -1.99. The SMILES string of the molecule is C(#CC1C=Cc2ccccc2S1)c1ccccc1. The number of rotatable bonds is 0. The summed E-state index contributed by atoms with van der Waals surface area (Å²) in [4.78, 5) is 1.31. The number of fused-ring (bicyclic) bond motifs is 1. The maximum atomic E-state index is 3.30. The van der Waals surface area contributed by atoms with Gasteiger partial charge in [0, 0.05) is 10.5 Å². The summed E-state index contributed by atoms with van der Waals surface area (Å²) < 4.78 is 0. The van der Waals surface area contributed by atoms with E-state index >= 15 is 0 Å². The fraction of sp³-hybridized carbons (Fsp3) is 0.0588. The van der Waals surface area contributed by atoms with E-state index in [0.29, 0.717) is 0 Å². The van der Waals surface area contributed by atoms with E-state index in [9.17, 15) is 0 Å². The molecule has 0 nitrogen and oxygen atoms in total. The average molecular weight is 248 g/mol. The van der Waals surface area contributed by atoms with Crippen LogP contribution in [0.1, 0.15) is 11.1 Å². The number of hydrogen-bond donors (Lipinski definition) is 0. The fourth-order valence-electron chi connectivity index (χ4n) is 1.85. The Balaban J connectivity index is 1.80. The van der Waals surface area contributed by atoms with Crippen LogP contribution in [0.3, 0.4) is 0 Å². The third kappa shape index (κ3) is 2.50. The lowest BCUT2D eigenvalue weighted by Gasteiger charge is -2.13. The maximum Gasteiger partial charge on any atom is 0.0891 e. The predicted molar refractivity (Wildman–Crippen MR) is 78.4 cm³/mol. The quantitative estimate of drug-likeness (QED) is 0.629. The molecule has 3 rings (SSSR count). The largest absolute Gasteiger partial charge is 0.105 e. The number of hydrogen-bond acceptors (Lipinski definition) is 1. The zero-order chi connectivity index (χ0) is 12.2. The molecule has 1 atom stereocenters. The molecule has 2 aromatic carbocycles. The summed E-state index contributed by atoms with van der Waals surface area (Å²) in [5, 5.41) is 0.250. The fourth-order valence-corrected chi connectivity index (χ4v) is 2.82. The van der Waals surface area contributed by atoms with Crippen molar-refractivity contribution < 1.29 is 0 Å². The molecule has 0 bridgehead atoms. The van der Waals surface area contributed by atoms with Crippen molar-refractivity contribution in [3.8, 4) is 11.8 Å². The van der Waals surface area contributed by atoms with Gasteiger partial charge in [0.15, 0.2) is 0 Å². The van der Waals surface area contributed by atoms with Crippen LogP contribution in [0.25, 0.3) is 6.08 Å². The Morgan fingerprint density at radius 1 is 0.889 bits per heavy atom.